The van der Waals surface area contributed by atoms with Crippen LogP contribution >= 0.6 is 0 Å². The number of H-pyrrole nitrogens is 1. The Kier molecular flexibility index (Phi) is 1.65. The van der Waals surface area contributed by atoms with Gasteiger partial charge in [0.15, 0.2) is 11.6 Å². The van der Waals surface area contributed by atoms with E-state index >= 15 is 0 Å². The summed E-state index contributed by atoms with van der Waals surface area (Å²) >= 11 is 0. The van der Waals surface area contributed by atoms with Gasteiger partial charge in [-0.25, -0.2) is 0 Å². The predicted molar refractivity (Wildman–Crippen MR) is 41.7 cm³/mol. The second kappa shape index (κ2) is 2.95. The van der Waals surface area contributed by atoms with Gasteiger partial charge in [-0.15, -0.1) is 10.2 Å². The highest BCUT2D eigenvalue weighted by Crippen LogP contribution is 2.06. The summed E-state index contributed by atoms with van der Waals surface area (Å²) in [6.07, 6.45) is 3.28. The summed E-state index contributed by atoms with van der Waals surface area (Å²) < 4.78 is 0. The molecule has 6 heteroatoms. The van der Waals surface area contributed by atoms with Crippen LogP contribution in [0.25, 0.3) is 0 Å². The Bertz CT molecular complexity index is 328. The molecular formula is C6H6N6. The van der Waals surface area contributed by atoms with E-state index in [9.17, 15) is 0 Å². The number of hydrogen-bond acceptors (Lipinski definition) is 5. The Labute approximate surface area is 68.0 Å². The maximum atomic E-state index is 3.89. The standard InChI is InChI=1S/C6H6N6/c1-3-7-10-5(1)9-6-2-4-8-12-11-6/h1-4H,(H2,7,8,9,10,11). The fraction of sp³-hybridized carbons (Fsp3) is 0. The van der Waals surface area contributed by atoms with Crippen LogP contribution in [0, 0.1) is 0 Å². The molecule has 2 aromatic rings. The second-order valence-electron chi connectivity index (χ2n) is 2.09. The van der Waals surface area contributed by atoms with E-state index in [1.807, 2.05) is 0 Å². The molecule has 0 aromatic carbocycles. The van der Waals surface area contributed by atoms with Crippen molar-refractivity contribution < 1.29 is 0 Å². The first kappa shape index (κ1) is 6.71. The minimum Gasteiger partial charge on any atom is -0.322 e. The normalized spacial score (nSPS) is 9.67. The van der Waals surface area contributed by atoms with Crippen molar-refractivity contribution in [1.82, 2.24) is 25.6 Å². The summed E-state index contributed by atoms with van der Waals surface area (Å²) in [5.41, 5.74) is 0. The number of aromatic nitrogens is 5. The summed E-state index contributed by atoms with van der Waals surface area (Å²) in [6, 6.07) is 3.50. The maximum Gasteiger partial charge on any atom is 0.157 e. The highest BCUT2D eigenvalue weighted by molar-refractivity contribution is 5.48. The second-order valence-corrected chi connectivity index (χ2v) is 2.09. The molecule has 2 heterocycles. The molecule has 0 spiro atoms. The van der Waals surface area contributed by atoms with Crippen molar-refractivity contribution in [3.63, 3.8) is 0 Å². The molecule has 2 N–H and O–H groups in total. The molecule has 2 aromatic heterocycles. The predicted octanol–water partition coefficient (Wildman–Crippen LogP) is 0.338. The highest BCUT2D eigenvalue weighted by atomic mass is 15.3. The van der Waals surface area contributed by atoms with Gasteiger partial charge in [-0.2, -0.15) is 5.10 Å². The van der Waals surface area contributed by atoms with Gasteiger partial charge in [0.25, 0.3) is 0 Å². The fourth-order valence-electron chi connectivity index (χ4n) is 0.769. The molecule has 0 fully saturated rings. The third-order valence-corrected chi connectivity index (χ3v) is 1.26. The number of aromatic amines is 1. The SMILES string of the molecule is c1cc(Nc2cc[nH]n2)nnn1. The molecule has 0 radical (unpaired) electrons. The lowest BCUT2D eigenvalue weighted by Gasteiger charge is -1.96. The highest BCUT2D eigenvalue weighted by Gasteiger charge is 1.95. The van der Waals surface area contributed by atoms with Crippen LogP contribution < -0.4 is 5.32 Å². The third-order valence-electron chi connectivity index (χ3n) is 1.26. The Balaban J connectivity index is 2.15. The molecule has 12 heavy (non-hydrogen) atoms. The summed E-state index contributed by atoms with van der Waals surface area (Å²) in [7, 11) is 0. The van der Waals surface area contributed by atoms with Crippen LogP contribution in [-0.2, 0) is 0 Å². The van der Waals surface area contributed by atoms with Crippen molar-refractivity contribution in [3.05, 3.63) is 24.5 Å². The van der Waals surface area contributed by atoms with E-state index in [4.69, 9.17) is 0 Å². The fourth-order valence-corrected chi connectivity index (χ4v) is 0.769. The Hall–Kier alpha value is -1.98. The molecule has 0 atom stereocenters. The summed E-state index contributed by atoms with van der Waals surface area (Å²) in [4.78, 5) is 0. The van der Waals surface area contributed by atoms with E-state index in [2.05, 4.69) is 30.9 Å². The zero-order valence-corrected chi connectivity index (χ0v) is 6.10. The van der Waals surface area contributed by atoms with Crippen LogP contribution in [-0.4, -0.2) is 25.6 Å². The molecule has 0 saturated carbocycles. The van der Waals surface area contributed by atoms with Gasteiger partial charge in [0, 0.05) is 18.3 Å². The van der Waals surface area contributed by atoms with Crippen molar-refractivity contribution in [2.45, 2.75) is 0 Å². The summed E-state index contributed by atoms with van der Waals surface area (Å²) in [5.74, 6) is 1.33. The van der Waals surface area contributed by atoms with Crippen LogP contribution in [0.3, 0.4) is 0 Å². The monoisotopic (exact) mass is 162 g/mol. The molecule has 6 nitrogen and oxygen atoms in total. The van der Waals surface area contributed by atoms with Gasteiger partial charge >= 0.3 is 0 Å². The first-order valence-electron chi connectivity index (χ1n) is 3.36. The van der Waals surface area contributed by atoms with Gasteiger partial charge < -0.3 is 5.32 Å². The van der Waals surface area contributed by atoms with E-state index in [-0.39, 0.29) is 0 Å². The van der Waals surface area contributed by atoms with Crippen molar-refractivity contribution >= 4 is 11.6 Å². The molecule has 2 rings (SSSR count). The van der Waals surface area contributed by atoms with E-state index in [1.165, 1.54) is 0 Å². The Morgan fingerprint density at radius 1 is 1.25 bits per heavy atom. The number of anilines is 2. The van der Waals surface area contributed by atoms with Gasteiger partial charge in [0.05, 0.1) is 6.20 Å². The molecule has 0 amide bonds. The molecular weight excluding hydrogens is 156 g/mol. The molecule has 0 unspecified atom stereocenters. The first-order valence-corrected chi connectivity index (χ1v) is 3.36. The minimum atomic E-state index is 0.622. The van der Waals surface area contributed by atoms with E-state index in [1.54, 1.807) is 24.5 Å². The Morgan fingerprint density at radius 3 is 2.92 bits per heavy atom. The molecule has 60 valence electrons. The first-order chi connectivity index (χ1) is 5.95. The number of rotatable bonds is 2. The van der Waals surface area contributed by atoms with Gasteiger partial charge in [-0.3, -0.25) is 5.10 Å². The molecule has 0 aliphatic carbocycles. The van der Waals surface area contributed by atoms with Crippen molar-refractivity contribution in [2.75, 3.05) is 5.32 Å². The zero-order chi connectivity index (χ0) is 8.23. The quantitative estimate of drug-likeness (QED) is 0.665. The number of hydrogen-bond donors (Lipinski definition) is 2. The van der Waals surface area contributed by atoms with E-state index in [0.717, 1.165) is 0 Å². The van der Waals surface area contributed by atoms with Gasteiger partial charge in [0.1, 0.15) is 0 Å². The van der Waals surface area contributed by atoms with E-state index < -0.39 is 0 Å². The Morgan fingerprint density at radius 2 is 2.25 bits per heavy atom. The molecule has 0 bridgehead atoms. The largest absolute Gasteiger partial charge is 0.322 e. The number of nitrogens with zero attached hydrogens (tertiary/aromatic N) is 4. The van der Waals surface area contributed by atoms with Gasteiger partial charge in [-0.05, 0) is 5.21 Å². The minimum absolute atomic E-state index is 0.622. The lowest BCUT2D eigenvalue weighted by atomic mass is 10.5. The third kappa shape index (κ3) is 1.36. The zero-order valence-electron chi connectivity index (χ0n) is 6.10. The topological polar surface area (TPSA) is 79.4 Å². The summed E-state index contributed by atoms with van der Waals surface area (Å²) in [5, 5.41) is 20.2. The lowest BCUT2D eigenvalue weighted by molar-refractivity contribution is 0.869. The van der Waals surface area contributed by atoms with Gasteiger partial charge in [-0.1, -0.05) is 0 Å². The summed E-state index contributed by atoms with van der Waals surface area (Å²) in [6.45, 7) is 0. The maximum absolute atomic E-state index is 3.89. The van der Waals surface area contributed by atoms with Crippen molar-refractivity contribution in [2.24, 2.45) is 0 Å². The van der Waals surface area contributed by atoms with Crippen LogP contribution in [0.15, 0.2) is 24.5 Å². The lowest BCUT2D eigenvalue weighted by Crippen LogP contribution is -1.95. The van der Waals surface area contributed by atoms with Crippen molar-refractivity contribution in [3.8, 4) is 0 Å². The van der Waals surface area contributed by atoms with Crippen LogP contribution in [0.2, 0.25) is 0 Å². The van der Waals surface area contributed by atoms with Crippen LogP contribution in [0.5, 0.6) is 0 Å². The number of nitrogens with one attached hydrogen (secondary N) is 2. The molecule has 0 aliphatic rings. The smallest absolute Gasteiger partial charge is 0.157 e. The van der Waals surface area contributed by atoms with Crippen LogP contribution in [0.1, 0.15) is 0 Å². The van der Waals surface area contributed by atoms with E-state index in [0.29, 0.717) is 11.6 Å². The molecule has 0 aliphatic heterocycles. The van der Waals surface area contributed by atoms with Gasteiger partial charge in [0.2, 0.25) is 0 Å². The average Bonchev–Trinajstić information content (AvgIpc) is 2.59. The average molecular weight is 162 g/mol. The van der Waals surface area contributed by atoms with Crippen LogP contribution in [0.4, 0.5) is 11.6 Å². The molecule has 0 saturated heterocycles. The van der Waals surface area contributed by atoms with Crippen molar-refractivity contribution in [1.29, 1.82) is 0 Å².